The number of alkyl halides is 6. The number of pyridine rings is 1. The summed E-state index contributed by atoms with van der Waals surface area (Å²) in [6.45, 7) is 0.694. The van der Waals surface area contributed by atoms with E-state index in [4.69, 9.17) is 5.73 Å². The van der Waals surface area contributed by atoms with Crippen LogP contribution in [0, 0.1) is 6.92 Å². The van der Waals surface area contributed by atoms with Gasteiger partial charge in [0.15, 0.2) is 0 Å². The Bertz CT molecular complexity index is 440. The minimum absolute atomic E-state index is 0.0411. The van der Waals surface area contributed by atoms with Crippen LogP contribution < -0.4 is 10.5 Å². The molecule has 0 atom stereocenters. The van der Waals surface area contributed by atoms with Gasteiger partial charge in [0.05, 0.1) is 0 Å². The Labute approximate surface area is 97.6 Å². The van der Waals surface area contributed by atoms with Crippen molar-refractivity contribution in [3.8, 4) is 5.88 Å². The SMILES string of the molecule is Cc1cnc(OC(F)(F)F)c(C(F)(F)F)c1CN. The molecule has 0 aliphatic rings. The van der Waals surface area contributed by atoms with E-state index in [0.29, 0.717) is 0 Å². The van der Waals surface area contributed by atoms with Crippen molar-refractivity contribution < 1.29 is 31.1 Å². The molecule has 0 aromatic carbocycles. The smallest absolute Gasteiger partial charge is 0.387 e. The molecule has 0 unspecified atom stereocenters. The van der Waals surface area contributed by atoms with Gasteiger partial charge in [-0.25, -0.2) is 4.98 Å². The summed E-state index contributed by atoms with van der Waals surface area (Å²) in [7, 11) is 0. The molecule has 0 aliphatic carbocycles. The van der Waals surface area contributed by atoms with Gasteiger partial charge in [0.2, 0.25) is 5.88 Å². The molecule has 0 bridgehead atoms. The van der Waals surface area contributed by atoms with E-state index in [0.717, 1.165) is 6.20 Å². The number of rotatable bonds is 2. The summed E-state index contributed by atoms with van der Waals surface area (Å²) >= 11 is 0. The molecule has 1 heterocycles. The normalized spacial score (nSPS) is 12.7. The van der Waals surface area contributed by atoms with Crippen LogP contribution in [-0.2, 0) is 12.7 Å². The van der Waals surface area contributed by atoms with Crippen LogP contribution in [0.5, 0.6) is 5.88 Å². The summed E-state index contributed by atoms with van der Waals surface area (Å²) in [6.07, 6.45) is -9.44. The lowest BCUT2D eigenvalue weighted by Gasteiger charge is -2.18. The van der Waals surface area contributed by atoms with E-state index in [1.54, 1.807) is 0 Å². The third-order valence-corrected chi connectivity index (χ3v) is 2.07. The Balaban J connectivity index is 3.43. The van der Waals surface area contributed by atoms with Gasteiger partial charge in [-0.3, -0.25) is 0 Å². The Morgan fingerprint density at radius 3 is 2.17 bits per heavy atom. The summed E-state index contributed by atoms with van der Waals surface area (Å²) in [5, 5.41) is 0. The van der Waals surface area contributed by atoms with Gasteiger partial charge in [-0.05, 0) is 18.1 Å². The number of nitrogens with two attached hydrogens (primary N) is 1. The van der Waals surface area contributed by atoms with E-state index < -0.39 is 36.1 Å². The van der Waals surface area contributed by atoms with Crippen LogP contribution in [0.3, 0.4) is 0 Å². The van der Waals surface area contributed by atoms with Crippen molar-refractivity contribution in [2.75, 3.05) is 0 Å². The van der Waals surface area contributed by atoms with E-state index in [9.17, 15) is 26.3 Å². The first-order chi connectivity index (χ1) is 8.06. The lowest BCUT2D eigenvalue weighted by molar-refractivity contribution is -0.277. The second-order valence-corrected chi connectivity index (χ2v) is 3.35. The number of hydrogen-bond acceptors (Lipinski definition) is 3. The second-order valence-electron chi connectivity index (χ2n) is 3.35. The fraction of sp³-hybridized carbons (Fsp3) is 0.444. The van der Waals surface area contributed by atoms with Crippen molar-refractivity contribution in [1.82, 2.24) is 4.98 Å². The highest BCUT2D eigenvalue weighted by Gasteiger charge is 2.42. The van der Waals surface area contributed by atoms with Gasteiger partial charge in [0.1, 0.15) is 5.56 Å². The van der Waals surface area contributed by atoms with Gasteiger partial charge in [-0.15, -0.1) is 13.2 Å². The van der Waals surface area contributed by atoms with Gasteiger partial charge in [0.25, 0.3) is 0 Å². The molecule has 1 aromatic heterocycles. The van der Waals surface area contributed by atoms with Crippen LogP contribution in [-0.4, -0.2) is 11.3 Å². The third kappa shape index (κ3) is 3.25. The Kier molecular flexibility index (Phi) is 3.75. The van der Waals surface area contributed by atoms with E-state index >= 15 is 0 Å². The van der Waals surface area contributed by atoms with E-state index in [-0.39, 0.29) is 5.56 Å². The molecular formula is C9H8F6N2O. The van der Waals surface area contributed by atoms with Crippen LogP contribution in [0.2, 0.25) is 0 Å². The number of ether oxygens (including phenoxy) is 1. The monoisotopic (exact) mass is 274 g/mol. The number of aryl methyl sites for hydroxylation is 1. The van der Waals surface area contributed by atoms with Crippen molar-refractivity contribution in [3.05, 3.63) is 22.9 Å². The molecule has 0 amide bonds. The first-order valence-electron chi connectivity index (χ1n) is 4.57. The highest BCUT2D eigenvalue weighted by atomic mass is 19.4. The zero-order chi connectivity index (χ0) is 14.1. The van der Waals surface area contributed by atoms with Crippen LogP contribution in [0.1, 0.15) is 16.7 Å². The molecule has 1 aromatic rings. The Morgan fingerprint density at radius 2 is 1.78 bits per heavy atom. The fourth-order valence-electron chi connectivity index (χ4n) is 1.37. The minimum atomic E-state index is -5.26. The highest BCUT2D eigenvalue weighted by Crippen LogP contribution is 2.40. The van der Waals surface area contributed by atoms with Crippen LogP contribution in [0.15, 0.2) is 6.20 Å². The molecule has 18 heavy (non-hydrogen) atoms. The molecule has 0 spiro atoms. The van der Waals surface area contributed by atoms with Gasteiger partial charge in [-0.1, -0.05) is 0 Å². The van der Waals surface area contributed by atoms with E-state index in [1.807, 2.05) is 0 Å². The molecule has 1 rings (SSSR count). The zero-order valence-corrected chi connectivity index (χ0v) is 8.99. The summed E-state index contributed by atoms with van der Waals surface area (Å²) in [6, 6.07) is 0. The lowest BCUT2D eigenvalue weighted by Crippen LogP contribution is -2.23. The van der Waals surface area contributed by atoms with Crippen LogP contribution in [0.4, 0.5) is 26.3 Å². The molecule has 0 aliphatic heterocycles. The molecule has 3 nitrogen and oxygen atoms in total. The number of halogens is 6. The minimum Gasteiger partial charge on any atom is -0.387 e. The number of aromatic nitrogens is 1. The van der Waals surface area contributed by atoms with Crippen molar-refractivity contribution in [2.45, 2.75) is 26.0 Å². The second kappa shape index (κ2) is 4.63. The predicted molar refractivity (Wildman–Crippen MR) is 48.6 cm³/mol. The van der Waals surface area contributed by atoms with Crippen molar-refractivity contribution in [3.63, 3.8) is 0 Å². The first-order valence-corrected chi connectivity index (χ1v) is 4.57. The summed E-state index contributed by atoms with van der Waals surface area (Å²) in [5.41, 5.74) is 3.09. The summed E-state index contributed by atoms with van der Waals surface area (Å²) in [5.74, 6) is -1.54. The lowest BCUT2D eigenvalue weighted by atomic mass is 10.0. The van der Waals surface area contributed by atoms with Gasteiger partial charge in [0, 0.05) is 12.7 Å². The van der Waals surface area contributed by atoms with Gasteiger partial charge >= 0.3 is 12.5 Å². The molecule has 102 valence electrons. The number of nitrogens with zero attached hydrogens (tertiary/aromatic N) is 1. The maximum absolute atomic E-state index is 12.7. The topological polar surface area (TPSA) is 48.1 Å². The van der Waals surface area contributed by atoms with Gasteiger partial charge in [-0.2, -0.15) is 13.2 Å². The molecule has 0 saturated heterocycles. The highest BCUT2D eigenvalue weighted by molar-refractivity contribution is 5.41. The molecule has 0 saturated carbocycles. The maximum atomic E-state index is 12.7. The molecule has 0 radical (unpaired) electrons. The molecule has 2 N–H and O–H groups in total. The standard InChI is InChI=1S/C9H8F6N2O/c1-4-3-17-7(18-9(13,14)15)6(5(4)2-16)8(10,11)12/h3H,2,16H2,1H3. The quantitative estimate of drug-likeness (QED) is 0.843. The zero-order valence-electron chi connectivity index (χ0n) is 8.99. The van der Waals surface area contributed by atoms with Crippen molar-refractivity contribution >= 4 is 0 Å². The van der Waals surface area contributed by atoms with E-state index in [2.05, 4.69) is 9.72 Å². The van der Waals surface area contributed by atoms with Crippen molar-refractivity contribution in [2.24, 2.45) is 5.73 Å². The average Bonchev–Trinajstić information content (AvgIpc) is 2.16. The average molecular weight is 274 g/mol. The molecular weight excluding hydrogens is 266 g/mol. The summed E-state index contributed by atoms with van der Waals surface area (Å²) < 4.78 is 77.3. The molecule has 9 heteroatoms. The van der Waals surface area contributed by atoms with Crippen LogP contribution in [0.25, 0.3) is 0 Å². The van der Waals surface area contributed by atoms with E-state index in [1.165, 1.54) is 6.92 Å². The van der Waals surface area contributed by atoms with Crippen molar-refractivity contribution in [1.29, 1.82) is 0 Å². The predicted octanol–water partition coefficient (Wildman–Crippen LogP) is 2.77. The summed E-state index contributed by atoms with van der Waals surface area (Å²) in [4.78, 5) is 3.02. The fourth-order valence-corrected chi connectivity index (χ4v) is 1.37. The third-order valence-electron chi connectivity index (χ3n) is 2.07. The van der Waals surface area contributed by atoms with Gasteiger partial charge < -0.3 is 10.5 Å². The Hall–Kier alpha value is -1.51. The largest absolute Gasteiger partial charge is 0.574 e. The number of hydrogen-bond donors (Lipinski definition) is 1. The maximum Gasteiger partial charge on any atom is 0.574 e. The van der Waals surface area contributed by atoms with Crippen LogP contribution >= 0.6 is 0 Å². The Morgan fingerprint density at radius 1 is 1.22 bits per heavy atom. The molecule has 0 fully saturated rings. The first kappa shape index (κ1) is 14.6.